The van der Waals surface area contributed by atoms with Crippen LogP contribution in [0.3, 0.4) is 0 Å². The molecule has 3 aromatic rings. The van der Waals surface area contributed by atoms with Gasteiger partial charge in [-0.2, -0.15) is 0 Å². The average Bonchev–Trinajstić information content (AvgIpc) is 3.11. The Balaban J connectivity index is 1.62. The van der Waals surface area contributed by atoms with E-state index >= 15 is 0 Å². The van der Waals surface area contributed by atoms with Crippen LogP contribution in [-0.4, -0.2) is 32.3 Å². The highest BCUT2D eigenvalue weighted by Gasteiger charge is 2.16. The first-order chi connectivity index (χ1) is 15.0. The lowest BCUT2D eigenvalue weighted by molar-refractivity contribution is -0.116. The van der Waals surface area contributed by atoms with Gasteiger partial charge in [-0.3, -0.25) is 9.59 Å². The Morgan fingerprint density at radius 3 is 2.55 bits per heavy atom. The number of benzene rings is 2. The van der Waals surface area contributed by atoms with Crippen LogP contribution in [0.25, 0.3) is 0 Å². The molecule has 0 saturated carbocycles. The van der Waals surface area contributed by atoms with Crippen LogP contribution in [0.5, 0.6) is 0 Å². The van der Waals surface area contributed by atoms with Gasteiger partial charge in [-0.1, -0.05) is 36.0 Å². The summed E-state index contributed by atoms with van der Waals surface area (Å²) < 4.78 is 14.7. The van der Waals surface area contributed by atoms with Crippen molar-refractivity contribution in [2.24, 2.45) is 0 Å². The molecule has 0 unspecified atom stereocenters. The highest BCUT2D eigenvalue weighted by Crippen LogP contribution is 2.19. The summed E-state index contributed by atoms with van der Waals surface area (Å²) in [6.07, 6.45) is 1.65. The number of thioether (sulfide) groups is 1. The third kappa shape index (κ3) is 6.26. The fourth-order valence-corrected chi connectivity index (χ4v) is 3.55. The van der Waals surface area contributed by atoms with Crippen molar-refractivity contribution in [3.63, 3.8) is 0 Å². The molecule has 0 aliphatic carbocycles. The Labute approximate surface area is 183 Å². The van der Waals surface area contributed by atoms with E-state index in [1.165, 1.54) is 36.0 Å². The van der Waals surface area contributed by atoms with Gasteiger partial charge in [0, 0.05) is 17.9 Å². The summed E-state index contributed by atoms with van der Waals surface area (Å²) in [6.45, 7) is 6.05. The van der Waals surface area contributed by atoms with Crippen molar-refractivity contribution in [2.45, 2.75) is 25.0 Å². The molecule has 0 fully saturated rings. The Bertz CT molecular complexity index is 1080. The van der Waals surface area contributed by atoms with Gasteiger partial charge >= 0.3 is 0 Å². The fourth-order valence-electron chi connectivity index (χ4n) is 2.78. The van der Waals surface area contributed by atoms with Crippen LogP contribution in [0, 0.1) is 12.7 Å². The Hall–Kier alpha value is -3.46. The summed E-state index contributed by atoms with van der Waals surface area (Å²) in [5.41, 5.74) is 2.23. The maximum atomic E-state index is 13.0. The van der Waals surface area contributed by atoms with Crippen molar-refractivity contribution in [1.29, 1.82) is 0 Å². The van der Waals surface area contributed by atoms with E-state index in [9.17, 15) is 14.0 Å². The fraction of sp³-hybridized carbons (Fsp3) is 0.182. The van der Waals surface area contributed by atoms with E-state index in [4.69, 9.17) is 0 Å². The summed E-state index contributed by atoms with van der Waals surface area (Å²) in [5, 5.41) is 14.3. The number of carbonyl (C=O) groups excluding carboxylic acids is 2. The number of nitrogens with zero attached hydrogens (tertiary/aromatic N) is 3. The molecule has 2 N–H and O–H groups in total. The van der Waals surface area contributed by atoms with Gasteiger partial charge in [-0.25, -0.2) is 4.39 Å². The molecule has 7 nitrogen and oxygen atoms in total. The minimum Gasteiger partial charge on any atom is -0.326 e. The number of para-hydroxylation sites is 1. The van der Waals surface area contributed by atoms with Crippen LogP contribution in [0.15, 0.2) is 66.3 Å². The highest BCUT2D eigenvalue weighted by molar-refractivity contribution is 7.99. The van der Waals surface area contributed by atoms with Gasteiger partial charge in [0.05, 0.1) is 12.2 Å². The molecular weight excluding hydrogens is 417 g/mol. The third-order valence-corrected chi connectivity index (χ3v) is 5.27. The minimum absolute atomic E-state index is 0.0197. The SMILES string of the molecule is C=CCn1c(CC(=O)Nc2ccc(F)cc2)nnc1SCC(=O)Nc1ccccc1C. The van der Waals surface area contributed by atoms with E-state index in [0.717, 1.165) is 11.3 Å². The molecule has 1 heterocycles. The second kappa shape index (κ2) is 10.5. The average molecular weight is 440 g/mol. The van der Waals surface area contributed by atoms with E-state index in [-0.39, 0.29) is 29.8 Å². The summed E-state index contributed by atoms with van der Waals surface area (Å²) in [7, 11) is 0. The number of halogens is 1. The smallest absolute Gasteiger partial charge is 0.234 e. The molecule has 31 heavy (non-hydrogen) atoms. The lowest BCUT2D eigenvalue weighted by Crippen LogP contribution is -2.18. The normalized spacial score (nSPS) is 10.5. The molecule has 0 bridgehead atoms. The molecule has 3 rings (SSSR count). The van der Waals surface area contributed by atoms with Crippen LogP contribution in [0.2, 0.25) is 0 Å². The quantitative estimate of drug-likeness (QED) is 0.391. The summed E-state index contributed by atoms with van der Waals surface area (Å²) in [4.78, 5) is 24.7. The number of rotatable bonds is 9. The van der Waals surface area contributed by atoms with Crippen molar-refractivity contribution >= 4 is 35.0 Å². The second-order valence-corrected chi connectivity index (χ2v) is 7.62. The molecule has 1 aromatic heterocycles. The summed E-state index contributed by atoms with van der Waals surface area (Å²) in [6, 6.07) is 13.0. The number of aromatic nitrogens is 3. The molecule has 160 valence electrons. The molecule has 2 aromatic carbocycles. The number of nitrogens with one attached hydrogen (secondary N) is 2. The van der Waals surface area contributed by atoms with Crippen molar-refractivity contribution in [3.8, 4) is 0 Å². The first-order valence-electron chi connectivity index (χ1n) is 9.53. The predicted octanol–water partition coefficient (Wildman–Crippen LogP) is 3.82. The van der Waals surface area contributed by atoms with E-state index in [0.29, 0.717) is 23.2 Å². The van der Waals surface area contributed by atoms with Crippen molar-refractivity contribution in [2.75, 3.05) is 16.4 Å². The molecule has 0 atom stereocenters. The molecular formula is C22H22FN5O2S. The van der Waals surface area contributed by atoms with Crippen LogP contribution in [0.1, 0.15) is 11.4 Å². The number of anilines is 2. The van der Waals surface area contributed by atoms with Gasteiger partial charge in [0.1, 0.15) is 11.6 Å². The van der Waals surface area contributed by atoms with E-state index in [2.05, 4.69) is 27.4 Å². The number of allylic oxidation sites excluding steroid dienone is 1. The molecule has 0 radical (unpaired) electrons. The Kier molecular flexibility index (Phi) is 7.55. The molecule has 0 aliphatic rings. The van der Waals surface area contributed by atoms with Gasteiger partial charge in [0.25, 0.3) is 0 Å². The zero-order valence-electron chi connectivity index (χ0n) is 17.0. The second-order valence-electron chi connectivity index (χ2n) is 6.68. The number of amides is 2. The van der Waals surface area contributed by atoms with Crippen LogP contribution in [0.4, 0.5) is 15.8 Å². The molecule has 2 amide bonds. The Morgan fingerprint density at radius 2 is 1.84 bits per heavy atom. The molecule has 0 saturated heterocycles. The lowest BCUT2D eigenvalue weighted by Gasteiger charge is -2.09. The monoisotopic (exact) mass is 439 g/mol. The summed E-state index contributed by atoms with van der Waals surface area (Å²) >= 11 is 1.23. The molecule has 9 heteroatoms. The van der Waals surface area contributed by atoms with Crippen LogP contribution < -0.4 is 10.6 Å². The van der Waals surface area contributed by atoms with Gasteiger partial charge in [0.2, 0.25) is 11.8 Å². The zero-order chi connectivity index (χ0) is 22.2. The third-order valence-electron chi connectivity index (χ3n) is 4.30. The largest absolute Gasteiger partial charge is 0.326 e. The number of hydrogen-bond donors (Lipinski definition) is 2. The zero-order valence-corrected chi connectivity index (χ0v) is 17.8. The predicted molar refractivity (Wildman–Crippen MR) is 119 cm³/mol. The highest BCUT2D eigenvalue weighted by atomic mass is 32.2. The van der Waals surface area contributed by atoms with E-state index in [1.54, 1.807) is 10.6 Å². The summed E-state index contributed by atoms with van der Waals surface area (Å²) in [5.74, 6) is -0.259. The van der Waals surface area contributed by atoms with E-state index < -0.39 is 0 Å². The number of hydrogen-bond acceptors (Lipinski definition) is 5. The van der Waals surface area contributed by atoms with Gasteiger partial charge < -0.3 is 15.2 Å². The maximum Gasteiger partial charge on any atom is 0.234 e. The first kappa shape index (κ1) is 22.2. The molecule has 0 spiro atoms. The van der Waals surface area contributed by atoms with E-state index in [1.807, 2.05) is 31.2 Å². The van der Waals surface area contributed by atoms with Crippen molar-refractivity contribution in [1.82, 2.24) is 14.8 Å². The standard InChI is InChI=1S/C22H22FN5O2S/c1-3-12-28-19(13-20(29)24-17-10-8-16(23)9-11-17)26-27-22(28)31-14-21(30)25-18-7-5-4-6-15(18)2/h3-11H,1,12-14H2,2H3,(H,24,29)(H,25,30). The van der Waals surface area contributed by atoms with Gasteiger partial charge in [0.15, 0.2) is 5.16 Å². The number of aryl methyl sites for hydroxylation is 1. The van der Waals surface area contributed by atoms with Crippen LogP contribution in [-0.2, 0) is 22.6 Å². The Morgan fingerprint density at radius 1 is 1.10 bits per heavy atom. The lowest BCUT2D eigenvalue weighted by atomic mass is 10.2. The molecule has 0 aliphatic heterocycles. The topological polar surface area (TPSA) is 88.9 Å². The van der Waals surface area contributed by atoms with Gasteiger partial charge in [-0.05, 0) is 42.8 Å². The van der Waals surface area contributed by atoms with Crippen molar-refractivity contribution in [3.05, 3.63) is 78.4 Å². The van der Waals surface area contributed by atoms with Crippen LogP contribution >= 0.6 is 11.8 Å². The maximum absolute atomic E-state index is 13.0. The van der Waals surface area contributed by atoms with Gasteiger partial charge in [-0.15, -0.1) is 16.8 Å². The number of carbonyl (C=O) groups is 2. The van der Waals surface area contributed by atoms with Crippen molar-refractivity contribution < 1.29 is 14.0 Å². The minimum atomic E-state index is -0.378. The first-order valence-corrected chi connectivity index (χ1v) is 10.5.